The third kappa shape index (κ3) is 5.45. The Bertz CT molecular complexity index is 357. The molecule has 0 aliphatic rings. The van der Waals surface area contributed by atoms with Crippen molar-refractivity contribution in [3.63, 3.8) is 0 Å². The van der Waals surface area contributed by atoms with Crippen LogP contribution in [0.25, 0.3) is 0 Å². The van der Waals surface area contributed by atoms with E-state index in [0.29, 0.717) is 12.8 Å². The first-order valence-electron chi connectivity index (χ1n) is 5.88. The Morgan fingerprint density at radius 2 is 2.24 bits per heavy atom. The van der Waals surface area contributed by atoms with E-state index in [4.69, 9.17) is 5.73 Å². The SMILES string of the molecule is CC(NC(=O)CCC(C)(C)N)c1ccccn1. The molecule has 0 spiro atoms. The second-order valence-corrected chi connectivity index (χ2v) is 5.03. The Morgan fingerprint density at radius 1 is 1.53 bits per heavy atom. The molecule has 1 aromatic rings. The lowest BCUT2D eigenvalue weighted by molar-refractivity contribution is -0.122. The summed E-state index contributed by atoms with van der Waals surface area (Å²) in [6.45, 7) is 5.76. The van der Waals surface area contributed by atoms with E-state index in [-0.39, 0.29) is 17.5 Å². The van der Waals surface area contributed by atoms with Crippen LogP contribution in [-0.4, -0.2) is 16.4 Å². The first-order valence-corrected chi connectivity index (χ1v) is 5.88. The molecule has 0 aliphatic carbocycles. The van der Waals surface area contributed by atoms with E-state index < -0.39 is 0 Å². The zero-order chi connectivity index (χ0) is 12.9. The van der Waals surface area contributed by atoms with Gasteiger partial charge in [-0.1, -0.05) is 6.07 Å². The van der Waals surface area contributed by atoms with Crippen molar-refractivity contribution < 1.29 is 4.79 Å². The number of nitrogens with zero attached hydrogens (tertiary/aromatic N) is 1. The molecule has 1 aromatic heterocycles. The van der Waals surface area contributed by atoms with Crippen molar-refractivity contribution in [2.75, 3.05) is 0 Å². The monoisotopic (exact) mass is 235 g/mol. The minimum Gasteiger partial charge on any atom is -0.348 e. The molecule has 0 radical (unpaired) electrons. The van der Waals surface area contributed by atoms with Crippen LogP contribution in [0.2, 0.25) is 0 Å². The van der Waals surface area contributed by atoms with Gasteiger partial charge >= 0.3 is 0 Å². The average molecular weight is 235 g/mol. The summed E-state index contributed by atoms with van der Waals surface area (Å²) in [7, 11) is 0. The number of pyridine rings is 1. The van der Waals surface area contributed by atoms with Crippen LogP contribution in [0.4, 0.5) is 0 Å². The third-order valence-electron chi connectivity index (χ3n) is 2.51. The van der Waals surface area contributed by atoms with E-state index in [1.54, 1.807) is 6.20 Å². The number of hydrogen-bond donors (Lipinski definition) is 2. The van der Waals surface area contributed by atoms with Crippen LogP contribution in [0.1, 0.15) is 45.3 Å². The van der Waals surface area contributed by atoms with Crippen molar-refractivity contribution in [2.24, 2.45) is 5.73 Å². The van der Waals surface area contributed by atoms with Crippen molar-refractivity contribution >= 4 is 5.91 Å². The minimum atomic E-state index is -0.300. The molecule has 1 unspecified atom stereocenters. The van der Waals surface area contributed by atoms with Gasteiger partial charge in [-0.15, -0.1) is 0 Å². The van der Waals surface area contributed by atoms with Gasteiger partial charge in [0.25, 0.3) is 0 Å². The molecular formula is C13H21N3O. The highest BCUT2D eigenvalue weighted by Gasteiger charge is 2.15. The molecule has 0 bridgehead atoms. The van der Waals surface area contributed by atoms with Crippen LogP contribution in [-0.2, 0) is 4.79 Å². The molecule has 1 atom stereocenters. The van der Waals surface area contributed by atoms with Gasteiger partial charge in [0.2, 0.25) is 5.91 Å². The van der Waals surface area contributed by atoms with Crippen molar-refractivity contribution in [1.82, 2.24) is 10.3 Å². The first-order chi connectivity index (χ1) is 7.88. The molecule has 0 fully saturated rings. The second-order valence-electron chi connectivity index (χ2n) is 5.03. The number of nitrogens with one attached hydrogen (secondary N) is 1. The van der Waals surface area contributed by atoms with Crippen molar-refractivity contribution in [3.05, 3.63) is 30.1 Å². The Hall–Kier alpha value is -1.42. The molecule has 4 heteroatoms. The molecule has 4 nitrogen and oxygen atoms in total. The predicted octanol–water partition coefficient (Wildman–Crippen LogP) is 1.78. The fourth-order valence-electron chi connectivity index (χ4n) is 1.46. The van der Waals surface area contributed by atoms with Gasteiger partial charge < -0.3 is 11.1 Å². The molecule has 0 aliphatic heterocycles. The van der Waals surface area contributed by atoms with Crippen LogP contribution in [0, 0.1) is 0 Å². The Labute approximate surface area is 103 Å². The molecule has 94 valence electrons. The smallest absolute Gasteiger partial charge is 0.220 e. The zero-order valence-corrected chi connectivity index (χ0v) is 10.7. The lowest BCUT2D eigenvalue weighted by atomic mass is 10.00. The number of carbonyl (C=O) groups is 1. The van der Waals surface area contributed by atoms with Gasteiger partial charge in [-0.2, -0.15) is 0 Å². The van der Waals surface area contributed by atoms with Crippen LogP contribution in [0.15, 0.2) is 24.4 Å². The van der Waals surface area contributed by atoms with E-state index in [9.17, 15) is 4.79 Å². The summed E-state index contributed by atoms with van der Waals surface area (Å²) >= 11 is 0. The van der Waals surface area contributed by atoms with E-state index in [1.165, 1.54) is 0 Å². The van der Waals surface area contributed by atoms with Gasteiger partial charge in [0.15, 0.2) is 0 Å². The third-order valence-corrected chi connectivity index (χ3v) is 2.51. The predicted molar refractivity (Wildman–Crippen MR) is 68.3 cm³/mol. The van der Waals surface area contributed by atoms with Crippen molar-refractivity contribution in [1.29, 1.82) is 0 Å². The number of amides is 1. The molecule has 0 aromatic carbocycles. The Balaban J connectivity index is 2.42. The van der Waals surface area contributed by atoms with E-state index in [2.05, 4.69) is 10.3 Å². The molecule has 3 N–H and O–H groups in total. The average Bonchev–Trinajstić information content (AvgIpc) is 2.27. The summed E-state index contributed by atoms with van der Waals surface area (Å²) in [6.07, 6.45) is 2.84. The lowest BCUT2D eigenvalue weighted by Gasteiger charge is -2.19. The minimum absolute atomic E-state index is 0.0154. The van der Waals surface area contributed by atoms with E-state index >= 15 is 0 Å². The fraction of sp³-hybridized carbons (Fsp3) is 0.538. The van der Waals surface area contributed by atoms with Crippen LogP contribution >= 0.6 is 0 Å². The number of rotatable bonds is 5. The fourth-order valence-corrected chi connectivity index (χ4v) is 1.46. The Kier molecular flexibility index (Phi) is 4.63. The van der Waals surface area contributed by atoms with Crippen LogP contribution in [0.5, 0.6) is 0 Å². The largest absolute Gasteiger partial charge is 0.348 e. The van der Waals surface area contributed by atoms with E-state index in [0.717, 1.165) is 5.69 Å². The maximum Gasteiger partial charge on any atom is 0.220 e. The van der Waals surface area contributed by atoms with Gasteiger partial charge in [0, 0.05) is 18.2 Å². The number of carbonyl (C=O) groups excluding carboxylic acids is 1. The summed E-state index contributed by atoms with van der Waals surface area (Å²) in [4.78, 5) is 15.9. The number of hydrogen-bond acceptors (Lipinski definition) is 3. The van der Waals surface area contributed by atoms with Gasteiger partial charge in [0.1, 0.15) is 0 Å². The van der Waals surface area contributed by atoms with Crippen molar-refractivity contribution in [3.8, 4) is 0 Å². The topological polar surface area (TPSA) is 68.0 Å². The first kappa shape index (κ1) is 13.6. The van der Waals surface area contributed by atoms with Crippen LogP contribution < -0.4 is 11.1 Å². The maximum absolute atomic E-state index is 11.7. The normalized spacial score (nSPS) is 13.2. The highest BCUT2D eigenvalue weighted by Crippen LogP contribution is 2.10. The number of nitrogens with two attached hydrogens (primary N) is 1. The summed E-state index contributed by atoms with van der Waals surface area (Å²) < 4.78 is 0. The molecule has 1 heterocycles. The van der Waals surface area contributed by atoms with Gasteiger partial charge in [0.05, 0.1) is 11.7 Å². The van der Waals surface area contributed by atoms with Gasteiger partial charge in [-0.05, 0) is 39.3 Å². The highest BCUT2D eigenvalue weighted by atomic mass is 16.1. The molecule has 17 heavy (non-hydrogen) atoms. The molecule has 0 saturated heterocycles. The van der Waals surface area contributed by atoms with Crippen LogP contribution in [0.3, 0.4) is 0 Å². The molecule has 1 rings (SSSR count). The molecular weight excluding hydrogens is 214 g/mol. The molecule has 1 amide bonds. The standard InChI is InChI=1S/C13H21N3O/c1-10(11-6-4-5-9-15-11)16-12(17)7-8-13(2,3)14/h4-6,9-10H,7-8,14H2,1-3H3,(H,16,17). The number of aromatic nitrogens is 1. The summed E-state index contributed by atoms with van der Waals surface area (Å²) in [6, 6.07) is 5.60. The highest BCUT2D eigenvalue weighted by molar-refractivity contribution is 5.76. The van der Waals surface area contributed by atoms with Gasteiger partial charge in [-0.3, -0.25) is 9.78 Å². The summed E-state index contributed by atoms with van der Waals surface area (Å²) in [5, 5.41) is 2.91. The van der Waals surface area contributed by atoms with Gasteiger partial charge in [-0.25, -0.2) is 0 Å². The second kappa shape index (κ2) is 5.77. The summed E-state index contributed by atoms with van der Waals surface area (Å²) in [5.74, 6) is 0.0154. The van der Waals surface area contributed by atoms with Crippen molar-refractivity contribution in [2.45, 2.75) is 45.2 Å². The molecule has 0 saturated carbocycles. The quantitative estimate of drug-likeness (QED) is 0.817. The van der Waals surface area contributed by atoms with E-state index in [1.807, 2.05) is 39.0 Å². The maximum atomic E-state index is 11.7. The zero-order valence-electron chi connectivity index (χ0n) is 10.7. The lowest BCUT2D eigenvalue weighted by Crippen LogP contribution is -2.35. The summed E-state index contributed by atoms with van der Waals surface area (Å²) in [5.41, 5.74) is 6.40. The Morgan fingerprint density at radius 3 is 2.76 bits per heavy atom.